The third-order valence-electron chi connectivity index (χ3n) is 10.7. The molecule has 4 aliphatic carbocycles. The summed E-state index contributed by atoms with van der Waals surface area (Å²) in [4.78, 5) is 37.1. The van der Waals surface area contributed by atoms with Crippen LogP contribution in [0.2, 0.25) is 0 Å². The number of aliphatic hydroxyl groups is 2. The first-order valence-electron chi connectivity index (χ1n) is 13.6. The monoisotopic (exact) mass is 504 g/mol. The predicted molar refractivity (Wildman–Crippen MR) is 130 cm³/mol. The average Bonchev–Trinajstić information content (AvgIpc) is 3.31. The average molecular weight is 505 g/mol. The van der Waals surface area contributed by atoms with Crippen LogP contribution in [0.25, 0.3) is 0 Å². The minimum atomic E-state index is -1.24. The van der Waals surface area contributed by atoms with E-state index in [1.54, 1.807) is 6.08 Å². The number of esters is 2. The van der Waals surface area contributed by atoms with Crippen molar-refractivity contribution in [2.24, 2.45) is 28.6 Å². The van der Waals surface area contributed by atoms with Gasteiger partial charge in [-0.1, -0.05) is 6.92 Å². The van der Waals surface area contributed by atoms with Gasteiger partial charge in [-0.15, -0.1) is 0 Å². The lowest BCUT2D eigenvalue weighted by molar-refractivity contribution is -0.862. The van der Waals surface area contributed by atoms with Crippen LogP contribution < -0.4 is 0 Å². The number of aldehydes is 1. The van der Waals surface area contributed by atoms with Gasteiger partial charge in [-0.25, -0.2) is 9.59 Å². The van der Waals surface area contributed by atoms with Crippen LogP contribution in [0.5, 0.6) is 0 Å². The lowest BCUT2D eigenvalue weighted by Gasteiger charge is -2.65. The molecule has 0 aromatic heterocycles. The number of carbonyl (C=O) groups is 3. The van der Waals surface area contributed by atoms with Gasteiger partial charge in [0, 0.05) is 17.9 Å². The van der Waals surface area contributed by atoms with Crippen molar-refractivity contribution >= 4 is 18.2 Å². The second kappa shape index (κ2) is 8.37. The lowest BCUT2D eigenvalue weighted by atomic mass is 9.41. The number of ether oxygens (including phenoxy) is 2. The van der Waals surface area contributed by atoms with E-state index in [9.17, 15) is 24.6 Å². The molecule has 8 atom stereocenters. The highest BCUT2D eigenvalue weighted by atomic mass is 16.5. The van der Waals surface area contributed by atoms with E-state index in [1.165, 1.54) is 0 Å². The van der Waals surface area contributed by atoms with Crippen molar-refractivity contribution in [3.05, 3.63) is 11.6 Å². The predicted octanol–water partition coefficient (Wildman–Crippen LogP) is 2.16. The largest absolute Gasteiger partial charge is 0.458 e. The summed E-state index contributed by atoms with van der Waals surface area (Å²) < 4.78 is 11.4. The Kier molecular flexibility index (Phi) is 6.01. The number of rotatable bonds is 5. The smallest absolute Gasteiger partial charge is 0.362 e. The number of likely N-dealkylation sites (N-methyl/N-ethyl adjacent to an activating group) is 1. The molecule has 200 valence electrons. The molecule has 0 unspecified atom stereocenters. The molecule has 1 aliphatic heterocycles. The van der Waals surface area contributed by atoms with E-state index in [4.69, 9.17) is 9.47 Å². The molecule has 0 aromatic carbocycles. The van der Waals surface area contributed by atoms with Crippen molar-refractivity contribution in [3.8, 4) is 0 Å². The number of nitrogens with zero attached hydrogens (tertiary/aromatic N) is 1. The molecule has 36 heavy (non-hydrogen) atoms. The third-order valence-corrected chi connectivity index (χ3v) is 10.7. The van der Waals surface area contributed by atoms with E-state index in [0.29, 0.717) is 43.2 Å². The Morgan fingerprint density at radius 2 is 1.83 bits per heavy atom. The molecule has 0 radical (unpaired) electrons. The normalized spacial score (nSPS) is 46.2. The highest BCUT2D eigenvalue weighted by molar-refractivity contribution is 5.85. The molecule has 5 aliphatic rings. The van der Waals surface area contributed by atoms with Crippen LogP contribution >= 0.6 is 0 Å². The topological polar surface area (TPSA) is 110 Å². The van der Waals surface area contributed by atoms with Crippen molar-refractivity contribution < 1.29 is 38.6 Å². The zero-order valence-electron chi connectivity index (χ0n) is 22.1. The Hall–Kier alpha value is -1.77. The first-order chi connectivity index (χ1) is 16.8. The van der Waals surface area contributed by atoms with Crippen LogP contribution in [0.1, 0.15) is 64.7 Å². The fourth-order valence-corrected chi connectivity index (χ4v) is 9.03. The van der Waals surface area contributed by atoms with Crippen LogP contribution in [0.15, 0.2) is 11.6 Å². The summed E-state index contributed by atoms with van der Waals surface area (Å²) >= 11 is 0. The van der Waals surface area contributed by atoms with Crippen LogP contribution in [0, 0.1) is 28.6 Å². The van der Waals surface area contributed by atoms with Gasteiger partial charge in [0.2, 0.25) is 0 Å². The van der Waals surface area contributed by atoms with Gasteiger partial charge in [0.25, 0.3) is 0 Å². The summed E-state index contributed by atoms with van der Waals surface area (Å²) in [5, 5.41) is 24.3. The van der Waals surface area contributed by atoms with Crippen molar-refractivity contribution in [2.75, 3.05) is 34.3 Å². The number of carbonyl (C=O) groups excluding carboxylic acids is 3. The molecule has 5 rings (SSSR count). The van der Waals surface area contributed by atoms with E-state index in [1.807, 2.05) is 21.1 Å². The first kappa shape index (κ1) is 25.9. The summed E-state index contributed by atoms with van der Waals surface area (Å²) in [5.41, 5.74) is -2.57. The van der Waals surface area contributed by atoms with Crippen molar-refractivity contribution in [2.45, 2.75) is 82.0 Å². The zero-order valence-corrected chi connectivity index (χ0v) is 22.1. The van der Waals surface area contributed by atoms with Gasteiger partial charge in [0.15, 0.2) is 6.54 Å². The highest BCUT2D eigenvalue weighted by Gasteiger charge is 2.71. The molecule has 4 fully saturated rings. The summed E-state index contributed by atoms with van der Waals surface area (Å²) in [6.07, 6.45) is 7.36. The van der Waals surface area contributed by atoms with Crippen LogP contribution in [-0.2, 0) is 23.9 Å². The van der Waals surface area contributed by atoms with Crippen LogP contribution in [-0.4, -0.2) is 84.5 Å². The van der Waals surface area contributed by atoms with E-state index in [-0.39, 0.29) is 42.7 Å². The molecule has 2 N–H and O–H groups in total. The maximum Gasteiger partial charge on any atom is 0.362 e. The second-order valence-corrected chi connectivity index (χ2v) is 13.5. The highest BCUT2D eigenvalue weighted by Crippen LogP contribution is 2.70. The molecule has 0 saturated heterocycles. The van der Waals surface area contributed by atoms with Gasteiger partial charge in [0.05, 0.1) is 37.8 Å². The van der Waals surface area contributed by atoms with E-state index < -0.39 is 28.1 Å². The summed E-state index contributed by atoms with van der Waals surface area (Å²) in [7, 11) is 5.78. The third kappa shape index (κ3) is 3.70. The molecule has 0 bridgehead atoms. The van der Waals surface area contributed by atoms with Crippen LogP contribution in [0.4, 0.5) is 0 Å². The molecule has 8 heteroatoms. The summed E-state index contributed by atoms with van der Waals surface area (Å²) in [6, 6.07) is 0. The van der Waals surface area contributed by atoms with E-state index >= 15 is 0 Å². The molecule has 4 saturated carbocycles. The Labute approximate surface area is 213 Å². The molecular formula is C28H42NO7+. The van der Waals surface area contributed by atoms with E-state index in [2.05, 4.69) is 6.92 Å². The Morgan fingerprint density at radius 1 is 1.11 bits per heavy atom. The minimum Gasteiger partial charge on any atom is -0.458 e. The molecule has 8 nitrogen and oxygen atoms in total. The fourth-order valence-electron chi connectivity index (χ4n) is 9.03. The van der Waals surface area contributed by atoms with Crippen molar-refractivity contribution in [3.63, 3.8) is 0 Å². The van der Waals surface area contributed by atoms with E-state index in [0.717, 1.165) is 31.1 Å². The zero-order chi connectivity index (χ0) is 26.1. The fraction of sp³-hybridized carbons (Fsp3) is 0.821. The van der Waals surface area contributed by atoms with Gasteiger partial charge in [0.1, 0.15) is 19.0 Å². The Bertz CT molecular complexity index is 987. The number of cyclic esters (lactones) is 1. The molecular weight excluding hydrogens is 462 g/mol. The number of fused-ring (bicyclic) bond motifs is 5. The summed E-state index contributed by atoms with van der Waals surface area (Å²) in [5.74, 6) is -0.725. The molecule has 0 aromatic rings. The maximum absolute atomic E-state index is 12.9. The molecule has 0 amide bonds. The van der Waals surface area contributed by atoms with Crippen molar-refractivity contribution in [1.29, 1.82) is 0 Å². The number of quaternary nitrogens is 1. The SMILES string of the molecule is C[C@]12CC[C@@H]3[C@H](CC[C@]4(O)C[C@@H](OC(=O)C[N+](C)(C)C)CC[C@]34C=O)[C@@]1(O)CC[C@@H]2C1=CC(=O)OC1. The molecule has 1 heterocycles. The Balaban J connectivity index is 1.38. The quantitative estimate of drug-likeness (QED) is 0.335. The van der Waals surface area contributed by atoms with Gasteiger partial charge >= 0.3 is 11.9 Å². The lowest BCUT2D eigenvalue weighted by Crippen LogP contribution is -2.69. The second-order valence-electron chi connectivity index (χ2n) is 13.5. The Morgan fingerprint density at radius 3 is 2.47 bits per heavy atom. The maximum atomic E-state index is 12.9. The number of hydrogen-bond acceptors (Lipinski definition) is 7. The van der Waals surface area contributed by atoms with Gasteiger partial charge in [-0.05, 0) is 74.7 Å². The minimum absolute atomic E-state index is 0.0826. The standard InChI is InChI=1S/C28H42NO7/c1-25-9-6-21-22(28(25,34)12-8-20(25)18-13-23(31)35-16-18)7-11-27(33)14-19(5-10-26(21,27)17-30)36-24(32)15-29(2,3)4/h13,17,19-22,33-34H,5-12,14-16H2,1-4H3/q+1/t19-,20+,21+,22-,25+,26-,27-,28-/m0/s1. The molecule has 0 spiro atoms. The number of hydrogen-bond donors (Lipinski definition) is 2. The van der Waals surface area contributed by atoms with Gasteiger partial charge in [-0.2, -0.15) is 0 Å². The van der Waals surface area contributed by atoms with Gasteiger partial charge < -0.3 is 29.0 Å². The first-order valence-corrected chi connectivity index (χ1v) is 13.6. The van der Waals surface area contributed by atoms with Crippen molar-refractivity contribution in [1.82, 2.24) is 0 Å². The van der Waals surface area contributed by atoms with Crippen LogP contribution in [0.3, 0.4) is 0 Å². The summed E-state index contributed by atoms with van der Waals surface area (Å²) in [6.45, 7) is 2.69. The van der Waals surface area contributed by atoms with Gasteiger partial charge in [-0.3, -0.25) is 0 Å².